The van der Waals surface area contributed by atoms with Crippen molar-refractivity contribution in [3.05, 3.63) is 111 Å². The fourth-order valence-corrected chi connectivity index (χ4v) is 5.68. The second-order valence-corrected chi connectivity index (χ2v) is 9.87. The maximum Gasteiger partial charge on any atom is 0.254 e. The zero-order valence-corrected chi connectivity index (χ0v) is 21.2. The molecule has 1 atom stereocenters. The number of aryl methyl sites for hydroxylation is 1. The van der Waals surface area contributed by atoms with Gasteiger partial charge in [0.05, 0.1) is 26.0 Å². The van der Waals surface area contributed by atoms with Crippen molar-refractivity contribution >= 4 is 23.2 Å². The van der Waals surface area contributed by atoms with Gasteiger partial charge < -0.3 is 19.0 Å². The number of nitrogens with zero attached hydrogens (tertiary/aromatic N) is 2. The largest absolute Gasteiger partial charge is 0.497 e. The monoisotopic (exact) mass is 500 g/mol. The van der Waals surface area contributed by atoms with E-state index in [-0.39, 0.29) is 30.9 Å². The Morgan fingerprint density at radius 3 is 2.58 bits per heavy atom. The number of amides is 2. The highest BCUT2D eigenvalue weighted by atomic mass is 32.1. The molecule has 36 heavy (non-hydrogen) atoms. The van der Waals surface area contributed by atoms with Gasteiger partial charge in [-0.15, -0.1) is 11.3 Å². The van der Waals surface area contributed by atoms with Crippen LogP contribution in [0.15, 0.2) is 82.8 Å². The van der Waals surface area contributed by atoms with E-state index in [1.165, 1.54) is 10.4 Å². The number of carbonyl (C=O) groups excluding carboxylic acids is 2. The van der Waals surface area contributed by atoms with Gasteiger partial charge in [-0.25, -0.2) is 0 Å². The highest BCUT2D eigenvalue weighted by Gasteiger charge is 2.35. The lowest BCUT2D eigenvalue weighted by atomic mass is 9.90. The molecule has 0 saturated carbocycles. The molecule has 0 N–H and O–H groups in total. The summed E-state index contributed by atoms with van der Waals surface area (Å²) in [7, 11) is 1.58. The van der Waals surface area contributed by atoms with Crippen LogP contribution in [-0.4, -0.2) is 41.8 Å². The first-order chi connectivity index (χ1) is 17.5. The number of methoxy groups -OCH3 is 1. The van der Waals surface area contributed by atoms with Crippen LogP contribution in [-0.2, 0) is 17.8 Å². The Morgan fingerprint density at radius 1 is 1.06 bits per heavy atom. The number of fused-ring (bicyclic) bond motifs is 1. The number of rotatable bonds is 7. The van der Waals surface area contributed by atoms with Crippen molar-refractivity contribution in [3.63, 3.8) is 0 Å². The molecule has 0 aliphatic carbocycles. The number of benzene rings is 2. The van der Waals surface area contributed by atoms with E-state index in [4.69, 9.17) is 9.15 Å². The Bertz CT molecular complexity index is 1340. The minimum atomic E-state index is -0.233. The molecule has 0 radical (unpaired) electrons. The van der Waals surface area contributed by atoms with Crippen molar-refractivity contribution in [2.45, 2.75) is 25.9 Å². The number of ether oxygens (including phenoxy) is 1. The van der Waals surface area contributed by atoms with E-state index < -0.39 is 0 Å². The molecular formula is C29H28N2O4S. The van der Waals surface area contributed by atoms with Gasteiger partial charge in [0, 0.05) is 17.0 Å². The van der Waals surface area contributed by atoms with Crippen LogP contribution in [0.4, 0.5) is 0 Å². The first-order valence-electron chi connectivity index (χ1n) is 11.9. The third-order valence-electron chi connectivity index (χ3n) is 6.65. The average molecular weight is 501 g/mol. The molecule has 0 bridgehead atoms. The molecule has 0 saturated heterocycles. The van der Waals surface area contributed by atoms with E-state index in [2.05, 4.69) is 30.5 Å². The summed E-state index contributed by atoms with van der Waals surface area (Å²) >= 11 is 1.74. The smallest absolute Gasteiger partial charge is 0.254 e. The van der Waals surface area contributed by atoms with E-state index in [0.717, 1.165) is 17.5 Å². The van der Waals surface area contributed by atoms with Crippen LogP contribution in [0, 0.1) is 6.92 Å². The Morgan fingerprint density at radius 2 is 1.86 bits per heavy atom. The van der Waals surface area contributed by atoms with Gasteiger partial charge in [-0.1, -0.05) is 24.3 Å². The average Bonchev–Trinajstić information content (AvgIpc) is 3.60. The topological polar surface area (TPSA) is 63.0 Å². The molecule has 0 unspecified atom stereocenters. The second kappa shape index (κ2) is 10.4. The maximum atomic E-state index is 13.9. The van der Waals surface area contributed by atoms with Crippen molar-refractivity contribution in [3.8, 4) is 5.75 Å². The molecule has 184 valence electrons. The molecule has 4 aromatic rings. The first-order valence-corrected chi connectivity index (χ1v) is 12.8. The molecule has 6 nitrogen and oxygen atoms in total. The number of furan rings is 1. The minimum absolute atomic E-state index is 0.0482. The van der Waals surface area contributed by atoms with Crippen LogP contribution in [0.2, 0.25) is 0 Å². The van der Waals surface area contributed by atoms with Gasteiger partial charge in [0.1, 0.15) is 18.1 Å². The highest BCUT2D eigenvalue weighted by Crippen LogP contribution is 2.39. The van der Waals surface area contributed by atoms with E-state index in [1.807, 2.05) is 23.1 Å². The maximum absolute atomic E-state index is 13.9. The lowest BCUT2D eigenvalue weighted by Crippen LogP contribution is -2.46. The first kappa shape index (κ1) is 23.9. The normalized spacial score (nSPS) is 14.8. The zero-order valence-electron chi connectivity index (χ0n) is 20.3. The number of hydrogen-bond donors (Lipinski definition) is 0. The van der Waals surface area contributed by atoms with Crippen LogP contribution in [0.3, 0.4) is 0 Å². The van der Waals surface area contributed by atoms with E-state index in [9.17, 15) is 9.59 Å². The predicted octanol–water partition coefficient (Wildman–Crippen LogP) is 5.47. The lowest BCUT2D eigenvalue weighted by molar-refractivity contribution is -0.134. The molecule has 1 aliphatic rings. The van der Waals surface area contributed by atoms with E-state index in [1.54, 1.807) is 59.9 Å². The summed E-state index contributed by atoms with van der Waals surface area (Å²) in [5, 5.41) is 2.10. The molecule has 0 fully saturated rings. The number of thiophene rings is 1. The predicted molar refractivity (Wildman–Crippen MR) is 139 cm³/mol. The quantitative estimate of drug-likeness (QED) is 0.337. The number of carbonyl (C=O) groups is 2. The molecule has 3 heterocycles. The Balaban J connectivity index is 1.45. The summed E-state index contributed by atoms with van der Waals surface area (Å²) in [6.45, 7) is 2.84. The Hall–Kier alpha value is -3.84. The standard InChI is InChI=1S/C29H28N2O4S/c1-20-6-3-4-8-24(20)28-25-14-17-36-26(25)13-15-31(28)27(32)19-30(18-23-7-5-16-35-23)29(33)21-9-11-22(34-2)12-10-21/h3-12,14,16-17,28H,13,15,18-19H2,1-2H3/t28-/m1/s1. The van der Waals surface area contributed by atoms with Crippen LogP contribution >= 0.6 is 11.3 Å². The van der Waals surface area contributed by atoms with Gasteiger partial charge in [0.2, 0.25) is 5.91 Å². The van der Waals surface area contributed by atoms with Crippen molar-refractivity contribution in [2.24, 2.45) is 0 Å². The Kier molecular flexibility index (Phi) is 6.91. The minimum Gasteiger partial charge on any atom is -0.497 e. The molecular weight excluding hydrogens is 472 g/mol. The summed E-state index contributed by atoms with van der Waals surface area (Å²) in [4.78, 5) is 32.2. The molecule has 7 heteroatoms. The van der Waals surface area contributed by atoms with E-state index >= 15 is 0 Å². The van der Waals surface area contributed by atoms with Crippen molar-refractivity contribution in [2.75, 3.05) is 20.2 Å². The molecule has 0 spiro atoms. The highest BCUT2D eigenvalue weighted by molar-refractivity contribution is 7.10. The molecule has 2 aromatic carbocycles. The third kappa shape index (κ3) is 4.79. The molecule has 1 aliphatic heterocycles. The van der Waals surface area contributed by atoms with Gasteiger partial charge in [-0.3, -0.25) is 9.59 Å². The second-order valence-electron chi connectivity index (χ2n) is 8.86. The fraction of sp³-hybridized carbons (Fsp3) is 0.241. The van der Waals surface area contributed by atoms with E-state index in [0.29, 0.717) is 23.6 Å². The number of hydrogen-bond acceptors (Lipinski definition) is 5. The van der Waals surface area contributed by atoms with Crippen LogP contribution < -0.4 is 4.74 Å². The zero-order chi connectivity index (χ0) is 25.1. The summed E-state index contributed by atoms with van der Waals surface area (Å²) in [6.07, 6.45) is 2.38. The molecule has 2 amide bonds. The van der Waals surface area contributed by atoms with Gasteiger partial charge >= 0.3 is 0 Å². The lowest BCUT2D eigenvalue weighted by Gasteiger charge is -2.38. The van der Waals surface area contributed by atoms with Crippen molar-refractivity contribution in [1.82, 2.24) is 9.80 Å². The SMILES string of the molecule is COc1ccc(C(=O)N(CC(=O)N2CCc3sccc3[C@H]2c2ccccc2C)Cc2ccco2)cc1. The third-order valence-corrected chi connectivity index (χ3v) is 7.64. The van der Waals surface area contributed by atoms with Gasteiger partial charge in [-0.05, 0) is 77.9 Å². The summed E-state index contributed by atoms with van der Waals surface area (Å²) in [6, 6.07) is 20.7. The van der Waals surface area contributed by atoms with Crippen molar-refractivity contribution in [1.29, 1.82) is 0 Å². The van der Waals surface area contributed by atoms with Crippen LogP contribution in [0.1, 0.15) is 43.7 Å². The Labute approximate surface area is 214 Å². The fourth-order valence-electron chi connectivity index (χ4n) is 4.77. The summed E-state index contributed by atoms with van der Waals surface area (Å²) < 4.78 is 10.7. The van der Waals surface area contributed by atoms with Gasteiger partial charge in [0.25, 0.3) is 5.91 Å². The molecule has 5 rings (SSSR count). The van der Waals surface area contributed by atoms with Crippen molar-refractivity contribution < 1.29 is 18.7 Å². The summed E-state index contributed by atoms with van der Waals surface area (Å²) in [5.74, 6) is 0.969. The molecule has 2 aromatic heterocycles. The van der Waals surface area contributed by atoms with Crippen LogP contribution in [0.25, 0.3) is 0 Å². The van der Waals surface area contributed by atoms with Crippen LogP contribution in [0.5, 0.6) is 5.75 Å². The summed E-state index contributed by atoms with van der Waals surface area (Å²) in [5.41, 5.74) is 3.92. The van der Waals surface area contributed by atoms with Gasteiger partial charge in [-0.2, -0.15) is 0 Å². The van der Waals surface area contributed by atoms with Gasteiger partial charge in [0.15, 0.2) is 0 Å².